The predicted molar refractivity (Wildman–Crippen MR) is 80.6 cm³/mol. The summed E-state index contributed by atoms with van der Waals surface area (Å²) in [7, 11) is 0. The summed E-state index contributed by atoms with van der Waals surface area (Å²) < 4.78 is 0. The lowest BCUT2D eigenvalue weighted by Crippen LogP contribution is -2.25. The number of carbonyl (C=O) groups is 1. The molecule has 4 nitrogen and oxygen atoms in total. The van der Waals surface area contributed by atoms with E-state index in [0.29, 0.717) is 21.4 Å². The number of hydrogen-bond donors (Lipinski definition) is 2. The van der Waals surface area contributed by atoms with Gasteiger partial charge in [-0.05, 0) is 25.1 Å². The van der Waals surface area contributed by atoms with Crippen molar-refractivity contribution in [3.05, 3.63) is 58.1 Å². The first-order valence-electron chi connectivity index (χ1n) is 6.00. The SMILES string of the molecule is CC(NC(=O)/C=C/c1c(Cl)cccc1Cl)c1ncc[nH]1. The van der Waals surface area contributed by atoms with Crippen LogP contribution >= 0.6 is 23.2 Å². The Balaban J connectivity index is 2.03. The first-order chi connectivity index (χ1) is 9.58. The van der Waals surface area contributed by atoms with E-state index < -0.39 is 0 Å². The Kier molecular flexibility index (Phi) is 4.82. The summed E-state index contributed by atoms with van der Waals surface area (Å²) in [5.74, 6) is 0.451. The van der Waals surface area contributed by atoms with Crippen LogP contribution in [0.25, 0.3) is 6.08 Å². The molecule has 0 saturated carbocycles. The molecule has 1 atom stereocenters. The molecule has 0 bridgehead atoms. The summed E-state index contributed by atoms with van der Waals surface area (Å²) >= 11 is 12.0. The number of H-pyrrole nitrogens is 1. The van der Waals surface area contributed by atoms with Crippen LogP contribution in [0.3, 0.4) is 0 Å². The topological polar surface area (TPSA) is 57.8 Å². The molecule has 1 aromatic heterocycles. The number of rotatable bonds is 4. The zero-order valence-electron chi connectivity index (χ0n) is 10.7. The van der Waals surface area contributed by atoms with E-state index in [0.717, 1.165) is 0 Å². The molecule has 6 heteroatoms. The molecule has 0 saturated heterocycles. The average molecular weight is 310 g/mol. The number of aromatic nitrogens is 2. The third-order valence-corrected chi connectivity index (χ3v) is 3.35. The fraction of sp³-hybridized carbons (Fsp3) is 0.143. The monoisotopic (exact) mass is 309 g/mol. The molecule has 1 aromatic carbocycles. The van der Waals surface area contributed by atoms with Crippen LogP contribution < -0.4 is 5.32 Å². The summed E-state index contributed by atoms with van der Waals surface area (Å²) in [6, 6.07) is 4.98. The van der Waals surface area contributed by atoms with Gasteiger partial charge in [-0.1, -0.05) is 29.3 Å². The van der Waals surface area contributed by atoms with Crippen molar-refractivity contribution < 1.29 is 4.79 Å². The van der Waals surface area contributed by atoms with Gasteiger partial charge in [0.05, 0.1) is 6.04 Å². The maximum Gasteiger partial charge on any atom is 0.244 e. The number of aromatic amines is 1. The number of carbonyl (C=O) groups excluding carboxylic acids is 1. The van der Waals surface area contributed by atoms with Crippen molar-refractivity contribution in [1.29, 1.82) is 0 Å². The van der Waals surface area contributed by atoms with Gasteiger partial charge in [0.15, 0.2) is 0 Å². The standard InChI is InChI=1S/C14H13Cl2N3O/c1-9(14-17-7-8-18-14)19-13(20)6-5-10-11(15)3-2-4-12(10)16/h2-9H,1H3,(H,17,18)(H,19,20)/b6-5+. The molecule has 2 rings (SSSR count). The van der Waals surface area contributed by atoms with Crippen molar-refractivity contribution in [2.75, 3.05) is 0 Å². The van der Waals surface area contributed by atoms with Crippen LogP contribution in [0.2, 0.25) is 10.0 Å². The molecule has 2 aromatic rings. The minimum absolute atomic E-state index is 0.205. The Hall–Kier alpha value is -1.78. The van der Waals surface area contributed by atoms with Crippen molar-refractivity contribution in [2.45, 2.75) is 13.0 Å². The average Bonchev–Trinajstić information content (AvgIpc) is 2.92. The fourth-order valence-electron chi connectivity index (χ4n) is 1.67. The third-order valence-electron chi connectivity index (χ3n) is 2.69. The molecule has 0 spiro atoms. The van der Waals surface area contributed by atoms with E-state index in [-0.39, 0.29) is 11.9 Å². The second kappa shape index (κ2) is 6.59. The molecule has 1 unspecified atom stereocenters. The summed E-state index contributed by atoms with van der Waals surface area (Å²) in [6.07, 6.45) is 6.33. The zero-order valence-corrected chi connectivity index (χ0v) is 12.2. The Bertz CT molecular complexity index is 603. The number of imidazole rings is 1. The normalized spacial score (nSPS) is 12.6. The van der Waals surface area contributed by atoms with Gasteiger partial charge in [-0.3, -0.25) is 4.79 Å². The largest absolute Gasteiger partial charge is 0.347 e. The number of nitrogens with one attached hydrogen (secondary N) is 2. The fourth-order valence-corrected chi connectivity index (χ4v) is 2.20. The first-order valence-corrected chi connectivity index (χ1v) is 6.75. The third kappa shape index (κ3) is 3.62. The minimum atomic E-state index is -0.245. The highest BCUT2D eigenvalue weighted by Crippen LogP contribution is 2.25. The number of amides is 1. The van der Waals surface area contributed by atoms with Gasteiger partial charge >= 0.3 is 0 Å². The lowest BCUT2D eigenvalue weighted by Gasteiger charge is -2.09. The van der Waals surface area contributed by atoms with E-state index in [4.69, 9.17) is 23.2 Å². The predicted octanol–water partition coefficient (Wildman–Crippen LogP) is 3.61. The quantitative estimate of drug-likeness (QED) is 0.848. The van der Waals surface area contributed by atoms with Crippen molar-refractivity contribution in [3.63, 3.8) is 0 Å². The van der Waals surface area contributed by atoms with Crippen molar-refractivity contribution in [2.24, 2.45) is 0 Å². The Morgan fingerprint density at radius 2 is 2.10 bits per heavy atom. The molecule has 0 fully saturated rings. The number of nitrogens with zero attached hydrogens (tertiary/aromatic N) is 1. The van der Waals surface area contributed by atoms with Crippen LogP contribution in [0.4, 0.5) is 0 Å². The highest BCUT2D eigenvalue weighted by atomic mass is 35.5. The lowest BCUT2D eigenvalue weighted by molar-refractivity contribution is -0.117. The molecule has 0 radical (unpaired) electrons. The molecule has 20 heavy (non-hydrogen) atoms. The molecule has 1 heterocycles. The van der Waals surface area contributed by atoms with Crippen LogP contribution in [-0.2, 0) is 4.79 Å². The van der Waals surface area contributed by atoms with E-state index in [2.05, 4.69) is 15.3 Å². The van der Waals surface area contributed by atoms with Crippen LogP contribution in [0, 0.1) is 0 Å². The second-order valence-corrected chi connectivity index (χ2v) is 4.99. The summed E-state index contributed by atoms with van der Waals surface area (Å²) in [5, 5.41) is 3.79. The molecule has 2 N–H and O–H groups in total. The molecule has 0 aliphatic rings. The van der Waals surface area contributed by atoms with E-state index in [9.17, 15) is 4.79 Å². The second-order valence-electron chi connectivity index (χ2n) is 4.17. The number of hydrogen-bond acceptors (Lipinski definition) is 2. The maximum atomic E-state index is 11.8. The first kappa shape index (κ1) is 14.6. The van der Waals surface area contributed by atoms with Crippen LogP contribution in [0.5, 0.6) is 0 Å². The molecular weight excluding hydrogens is 297 g/mol. The Morgan fingerprint density at radius 1 is 1.40 bits per heavy atom. The van der Waals surface area contributed by atoms with Gasteiger partial charge in [-0.25, -0.2) is 4.98 Å². The van der Waals surface area contributed by atoms with Crippen molar-refractivity contribution in [3.8, 4) is 0 Å². The molecule has 0 aliphatic heterocycles. The zero-order chi connectivity index (χ0) is 14.5. The molecule has 104 valence electrons. The van der Waals surface area contributed by atoms with Gasteiger partial charge < -0.3 is 10.3 Å². The van der Waals surface area contributed by atoms with Gasteiger partial charge in [0.1, 0.15) is 5.82 Å². The van der Waals surface area contributed by atoms with Gasteiger partial charge in [-0.2, -0.15) is 0 Å². The lowest BCUT2D eigenvalue weighted by atomic mass is 10.2. The van der Waals surface area contributed by atoms with Crippen LogP contribution in [-0.4, -0.2) is 15.9 Å². The van der Waals surface area contributed by atoms with E-state index >= 15 is 0 Å². The highest BCUT2D eigenvalue weighted by Gasteiger charge is 2.09. The van der Waals surface area contributed by atoms with Crippen LogP contribution in [0.1, 0.15) is 24.4 Å². The summed E-state index contributed by atoms with van der Waals surface area (Å²) in [6.45, 7) is 1.84. The number of halogens is 2. The number of benzene rings is 1. The highest BCUT2D eigenvalue weighted by molar-refractivity contribution is 6.37. The van der Waals surface area contributed by atoms with Crippen molar-refractivity contribution in [1.82, 2.24) is 15.3 Å². The van der Waals surface area contributed by atoms with E-state index in [1.54, 1.807) is 36.7 Å². The van der Waals surface area contributed by atoms with Crippen molar-refractivity contribution >= 4 is 35.2 Å². The Morgan fingerprint density at radius 3 is 2.70 bits per heavy atom. The molecule has 0 aliphatic carbocycles. The molecule has 1 amide bonds. The van der Waals surface area contributed by atoms with E-state index in [1.165, 1.54) is 6.08 Å². The Labute approximate surface area is 126 Å². The van der Waals surface area contributed by atoms with Crippen LogP contribution in [0.15, 0.2) is 36.7 Å². The maximum absolute atomic E-state index is 11.8. The van der Waals surface area contributed by atoms with Gasteiger partial charge in [-0.15, -0.1) is 0 Å². The smallest absolute Gasteiger partial charge is 0.244 e. The van der Waals surface area contributed by atoms with Gasteiger partial charge in [0.25, 0.3) is 0 Å². The summed E-state index contributed by atoms with van der Waals surface area (Å²) in [5.41, 5.74) is 0.622. The molecular formula is C14H13Cl2N3O. The summed E-state index contributed by atoms with van der Waals surface area (Å²) in [4.78, 5) is 18.8. The van der Waals surface area contributed by atoms with Gasteiger partial charge in [0.2, 0.25) is 5.91 Å². The van der Waals surface area contributed by atoms with E-state index in [1.807, 2.05) is 6.92 Å². The minimum Gasteiger partial charge on any atom is -0.347 e. The van der Waals surface area contributed by atoms with Gasteiger partial charge in [0, 0.05) is 34.1 Å².